The zero-order chi connectivity index (χ0) is 15.2. The van der Waals surface area contributed by atoms with Gasteiger partial charge in [0.05, 0.1) is 6.04 Å². The van der Waals surface area contributed by atoms with Crippen LogP contribution in [0.25, 0.3) is 0 Å². The second kappa shape index (κ2) is 8.14. The minimum absolute atomic E-state index is 0.0855. The van der Waals surface area contributed by atoms with Crippen LogP contribution in [0.1, 0.15) is 52.4 Å². The maximum Gasteiger partial charge on any atom is 0.239 e. The molecule has 2 rings (SSSR count). The quantitative estimate of drug-likeness (QED) is 0.863. The molecule has 2 fully saturated rings. The zero-order valence-electron chi connectivity index (χ0n) is 14.1. The third kappa shape index (κ3) is 4.96. The molecule has 4 nitrogen and oxygen atoms in total. The highest BCUT2D eigenvalue weighted by molar-refractivity contribution is 5.82. The van der Waals surface area contributed by atoms with Gasteiger partial charge in [-0.3, -0.25) is 4.79 Å². The number of likely N-dealkylation sites (tertiary alicyclic amines) is 1. The lowest BCUT2D eigenvalue weighted by Gasteiger charge is -2.36. The number of amides is 1. The Morgan fingerprint density at radius 1 is 1.19 bits per heavy atom. The van der Waals surface area contributed by atoms with Crippen molar-refractivity contribution in [3.8, 4) is 0 Å². The average molecular weight is 295 g/mol. The van der Waals surface area contributed by atoms with Crippen LogP contribution in [0.4, 0.5) is 0 Å². The molecular formula is C17H33N3O. The zero-order valence-corrected chi connectivity index (χ0v) is 14.1. The molecule has 2 aliphatic rings. The molecule has 0 radical (unpaired) electrons. The van der Waals surface area contributed by atoms with E-state index in [0.717, 1.165) is 44.8 Å². The van der Waals surface area contributed by atoms with Crippen molar-refractivity contribution in [2.24, 2.45) is 5.92 Å². The van der Waals surface area contributed by atoms with E-state index in [1.54, 1.807) is 0 Å². The molecule has 0 spiro atoms. The molecule has 21 heavy (non-hydrogen) atoms. The number of hydrogen-bond acceptors (Lipinski definition) is 3. The Morgan fingerprint density at radius 3 is 2.57 bits per heavy atom. The van der Waals surface area contributed by atoms with Gasteiger partial charge in [0.25, 0.3) is 0 Å². The first kappa shape index (κ1) is 16.8. The van der Waals surface area contributed by atoms with E-state index in [1.807, 2.05) is 0 Å². The van der Waals surface area contributed by atoms with Gasteiger partial charge in [0.1, 0.15) is 0 Å². The van der Waals surface area contributed by atoms with Gasteiger partial charge >= 0.3 is 0 Å². The van der Waals surface area contributed by atoms with Gasteiger partial charge in [-0.15, -0.1) is 0 Å². The SMILES string of the molecule is CC(C)N(C)CC1CCN(C(=O)C2CCCCCN2)CC1. The molecule has 2 aliphatic heterocycles. The molecule has 122 valence electrons. The summed E-state index contributed by atoms with van der Waals surface area (Å²) in [5, 5.41) is 3.44. The summed E-state index contributed by atoms with van der Waals surface area (Å²) in [5.41, 5.74) is 0. The minimum atomic E-state index is 0.0855. The van der Waals surface area contributed by atoms with Gasteiger partial charge in [0, 0.05) is 25.7 Å². The molecule has 2 saturated heterocycles. The molecule has 2 heterocycles. The van der Waals surface area contributed by atoms with Crippen LogP contribution in [0.2, 0.25) is 0 Å². The fraction of sp³-hybridized carbons (Fsp3) is 0.941. The Morgan fingerprint density at radius 2 is 1.90 bits per heavy atom. The Bertz CT molecular complexity index is 316. The van der Waals surface area contributed by atoms with Gasteiger partial charge < -0.3 is 15.1 Å². The summed E-state index contributed by atoms with van der Waals surface area (Å²) in [7, 11) is 2.21. The van der Waals surface area contributed by atoms with Crippen molar-refractivity contribution >= 4 is 5.91 Å². The van der Waals surface area contributed by atoms with Gasteiger partial charge in [-0.25, -0.2) is 0 Å². The van der Waals surface area contributed by atoms with Gasteiger partial charge in [-0.1, -0.05) is 12.8 Å². The van der Waals surface area contributed by atoms with E-state index in [4.69, 9.17) is 0 Å². The van der Waals surface area contributed by atoms with E-state index in [9.17, 15) is 4.79 Å². The van der Waals surface area contributed by atoms with Gasteiger partial charge in [0.15, 0.2) is 0 Å². The van der Waals surface area contributed by atoms with Crippen molar-refractivity contribution in [2.45, 2.75) is 64.5 Å². The number of nitrogens with zero attached hydrogens (tertiary/aromatic N) is 2. The molecule has 1 atom stereocenters. The van der Waals surface area contributed by atoms with E-state index in [0.29, 0.717) is 11.9 Å². The lowest BCUT2D eigenvalue weighted by molar-refractivity contribution is -0.135. The van der Waals surface area contributed by atoms with Crippen molar-refractivity contribution in [2.75, 3.05) is 33.2 Å². The second-order valence-electron chi connectivity index (χ2n) is 7.16. The smallest absolute Gasteiger partial charge is 0.239 e. The fourth-order valence-electron chi connectivity index (χ4n) is 3.41. The fourth-order valence-corrected chi connectivity index (χ4v) is 3.41. The summed E-state index contributed by atoms with van der Waals surface area (Å²) in [6, 6.07) is 0.697. The predicted molar refractivity (Wildman–Crippen MR) is 87.3 cm³/mol. The molecule has 1 N–H and O–H groups in total. The monoisotopic (exact) mass is 295 g/mol. The minimum Gasteiger partial charge on any atom is -0.341 e. The van der Waals surface area contributed by atoms with Crippen LogP contribution in [0.15, 0.2) is 0 Å². The third-order valence-corrected chi connectivity index (χ3v) is 5.21. The van der Waals surface area contributed by atoms with E-state index in [2.05, 4.69) is 36.0 Å². The lowest BCUT2D eigenvalue weighted by Crippen LogP contribution is -2.49. The molecule has 0 aromatic heterocycles. The number of piperidine rings is 1. The van der Waals surface area contributed by atoms with Gasteiger partial charge in [-0.2, -0.15) is 0 Å². The highest BCUT2D eigenvalue weighted by atomic mass is 16.2. The summed E-state index contributed by atoms with van der Waals surface area (Å²) >= 11 is 0. The molecule has 0 aliphatic carbocycles. The molecule has 0 aromatic rings. The Labute approximate surface area is 130 Å². The van der Waals surface area contributed by atoms with E-state index in [-0.39, 0.29) is 6.04 Å². The average Bonchev–Trinajstić information content (AvgIpc) is 2.76. The Kier molecular flexibility index (Phi) is 6.49. The Hall–Kier alpha value is -0.610. The number of hydrogen-bond donors (Lipinski definition) is 1. The first-order chi connectivity index (χ1) is 10.1. The van der Waals surface area contributed by atoms with Crippen molar-refractivity contribution in [1.29, 1.82) is 0 Å². The first-order valence-electron chi connectivity index (χ1n) is 8.80. The van der Waals surface area contributed by atoms with Crippen LogP contribution in [0.5, 0.6) is 0 Å². The summed E-state index contributed by atoms with van der Waals surface area (Å²) in [5.74, 6) is 1.11. The molecule has 0 bridgehead atoms. The van der Waals surface area contributed by atoms with Crippen LogP contribution in [-0.4, -0.2) is 61.0 Å². The van der Waals surface area contributed by atoms with Gasteiger partial charge in [0.2, 0.25) is 5.91 Å². The molecule has 0 saturated carbocycles. The molecule has 4 heteroatoms. The molecule has 1 amide bonds. The predicted octanol–water partition coefficient (Wildman–Crippen LogP) is 2.10. The van der Waals surface area contributed by atoms with Crippen molar-refractivity contribution in [3.05, 3.63) is 0 Å². The van der Waals surface area contributed by atoms with E-state index >= 15 is 0 Å². The highest BCUT2D eigenvalue weighted by Crippen LogP contribution is 2.20. The first-order valence-corrected chi connectivity index (χ1v) is 8.80. The number of carbonyl (C=O) groups excluding carboxylic acids is 1. The van der Waals surface area contributed by atoms with Gasteiger partial charge in [-0.05, 0) is 59.0 Å². The van der Waals surface area contributed by atoms with Crippen LogP contribution >= 0.6 is 0 Å². The van der Waals surface area contributed by atoms with Crippen molar-refractivity contribution in [1.82, 2.24) is 15.1 Å². The van der Waals surface area contributed by atoms with Crippen molar-refractivity contribution < 1.29 is 4.79 Å². The normalized spacial score (nSPS) is 25.4. The van der Waals surface area contributed by atoms with Crippen LogP contribution < -0.4 is 5.32 Å². The number of nitrogens with one attached hydrogen (secondary N) is 1. The van der Waals surface area contributed by atoms with Crippen LogP contribution in [0.3, 0.4) is 0 Å². The maximum absolute atomic E-state index is 12.6. The summed E-state index contributed by atoms with van der Waals surface area (Å²) in [6.45, 7) is 8.57. The number of rotatable bonds is 4. The Balaban J connectivity index is 1.76. The van der Waals surface area contributed by atoms with Crippen LogP contribution in [0, 0.1) is 5.92 Å². The molecule has 0 aromatic carbocycles. The van der Waals surface area contributed by atoms with E-state index in [1.165, 1.54) is 25.8 Å². The maximum atomic E-state index is 12.6. The molecule has 1 unspecified atom stereocenters. The van der Waals surface area contributed by atoms with Crippen molar-refractivity contribution in [3.63, 3.8) is 0 Å². The summed E-state index contributed by atoms with van der Waals surface area (Å²) in [6.07, 6.45) is 7.02. The summed E-state index contributed by atoms with van der Waals surface area (Å²) < 4.78 is 0. The largest absolute Gasteiger partial charge is 0.341 e. The third-order valence-electron chi connectivity index (χ3n) is 5.21. The highest BCUT2D eigenvalue weighted by Gasteiger charge is 2.28. The topological polar surface area (TPSA) is 35.6 Å². The van der Waals surface area contributed by atoms with E-state index < -0.39 is 0 Å². The number of carbonyl (C=O) groups is 1. The summed E-state index contributed by atoms with van der Waals surface area (Å²) in [4.78, 5) is 17.1. The second-order valence-corrected chi connectivity index (χ2v) is 7.16. The standard InChI is InChI=1S/C17H33N3O/c1-14(2)19(3)13-15-8-11-20(12-9-15)17(21)16-7-5-4-6-10-18-16/h14-16,18H,4-13H2,1-3H3. The van der Waals surface area contributed by atoms with Crippen LogP contribution in [-0.2, 0) is 4.79 Å². The lowest BCUT2D eigenvalue weighted by atomic mass is 9.95. The molecular weight excluding hydrogens is 262 g/mol.